The van der Waals surface area contributed by atoms with Gasteiger partial charge in [0.15, 0.2) is 0 Å². The van der Waals surface area contributed by atoms with Gasteiger partial charge >= 0.3 is 0 Å². The van der Waals surface area contributed by atoms with E-state index in [1.165, 1.54) is 28.6 Å². The molecule has 1 aromatic rings. The molecule has 18 heavy (non-hydrogen) atoms. The minimum absolute atomic E-state index is 0.476. The summed E-state index contributed by atoms with van der Waals surface area (Å²) in [5.41, 5.74) is 1.34. The topological polar surface area (TPSA) is 21.3 Å². The van der Waals surface area contributed by atoms with Crippen LogP contribution in [0.25, 0.3) is 0 Å². The molecule has 3 rings (SSSR count). The molecule has 0 amide bonds. The zero-order chi connectivity index (χ0) is 12.2. The van der Waals surface area contributed by atoms with Gasteiger partial charge in [-0.1, -0.05) is 18.2 Å². The van der Waals surface area contributed by atoms with Crippen LogP contribution < -0.4 is 10.1 Å². The lowest BCUT2D eigenvalue weighted by Crippen LogP contribution is -2.46. The summed E-state index contributed by atoms with van der Waals surface area (Å²) in [6, 6.07) is 9.51. The second-order valence-electron chi connectivity index (χ2n) is 4.83. The Bertz CT molecular complexity index is 391. The van der Waals surface area contributed by atoms with Gasteiger partial charge in [0.1, 0.15) is 12.4 Å². The molecule has 0 unspecified atom stereocenters. The van der Waals surface area contributed by atoms with Crippen molar-refractivity contribution in [3.05, 3.63) is 29.8 Å². The molecule has 2 aliphatic rings. The molecule has 0 aromatic heterocycles. The summed E-state index contributed by atoms with van der Waals surface area (Å²) in [5.74, 6) is 6.15. The van der Waals surface area contributed by atoms with E-state index in [0.717, 1.165) is 18.8 Å². The SMILES string of the molecule is c1ccc2c(c1)C[C@@H](NC1CSCCSC1)CO2. The van der Waals surface area contributed by atoms with Crippen LogP contribution in [0.2, 0.25) is 0 Å². The molecule has 0 saturated carbocycles. The maximum Gasteiger partial charge on any atom is 0.122 e. The number of para-hydroxylation sites is 1. The summed E-state index contributed by atoms with van der Waals surface area (Å²) in [6.07, 6.45) is 1.10. The monoisotopic (exact) mass is 281 g/mol. The maximum atomic E-state index is 5.83. The van der Waals surface area contributed by atoms with Crippen LogP contribution in [-0.4, -0.2) is 41.7 Å². The molecule has 2 heterocycles. The largest absolute Gasteiger partial charge is 0.492 e. The average molecular weight is 281 g/mol. The predicted octanol–water partition coefficient (Wildman–Crippen LogP) is 2.43. The average Bonchev–Trinajstić information content (AvgIpc) is 2.67. The van der Waals surface area contributed by atoms with Crippen molar-refractivity contribution in [3.63, 3.8) is 0 Å². The van der Waals surface area contributed by atoms with Crippen LogP contribution in [0.3, 0.4) is 0 Å². The van der Waals surface area contributed by atoms with E-state index in [4.69, 9.17) is 4.74 Å². The highest BCUT2D eigenvalue weighted by Gasteiger charge is 2.22. The third-order valence-corrected chi connectivity index (χ3v) is 5.88. The molecule has 1 saturated heterocycles. The summed E-state index contributed by atoms with van der Waals surface area (Å²) >= 11 is 4.15. The third-order valence-electron chi connectivity index (χ3n) is 3.36. The van der Waals surface area contributed by atoms with Gasteiger partial charge in [-0.25, -0.2) is 0 Å². The summed E-state index contributed by atoms with van der Waals surface area (Å²) in [4.78, 5) is 0. The van der Waals surface area contributed by atoms with E-state index in [0.29, 0.717) is 12.1 Å². The fourth-order valence-corrected chi connectivity index (χ4v) is 4.90. The molecule has 0 bridgehead atoms. The molecular formula is C14H19NOS2. The van der Waals surface area contributed by atoms with Crippen molar-refractivity contribution >= 4 is 23.5 Å². The lowest BCUT2D eigenvalue weighted by Gasteiger charge is -2.29. The van der Waals surface area contributed by atoms with Crippen LogP contribution in [-0.2, 0) is 6.42 Å². The van der Waals surface area contributed by atoms with Crippen molar-refractivity contribution in [3.8, 4) is 5.75 Å². The summed E-state index contributed by atoms with van der Waals surface area (Å²) < 4.78 is 5.83. The number of ether oxygens (including phenoxy) is 1. The highest BCUT2D eigenvalue weighted by Crippen LogP contribution is 2.25. The Morgan fingerprint density at radius 2 is 1.83 bits per heavy atom. The minimum Gasteiger partial charge on any atom is -0.492 e. The first-order valence-corrected chi connectivity index (χ1v) is 8.85. The molecule has 0 aliphatic carbocycles. The van der Waals surface area contributed by atoms with E-state index in [1.807, 2.05) is 6.07 Å². The molecule has 1 fully saturated rings. The van der Waals surface area contributed by atoms with Crippen molar-refractivity contribution in [2.45, 2.75) is 18.5 Å². The molecule has 2 aliphatic heterocycles. The first-order chi connectivity index (χ1) is 8.92. The number of fused-ring (bicyclic) bond motifs is 1. The third kappa shape index (κ3) is 3.16. The van der Waals surface area contributed by atoms with E-state index in [-0.39, 0.29) is 0 Å². The Hall–Kier alpha value is -0.320. The quantitative estimate of drug-likeness (QED) is 0.898. The van der Waals surface area contributed by atoms with E-state index in [9.17, 15) is 0 Å². The lowest BCUT2D eigenvalue weighted by molar-refractivity contribution is 0.233. The fraction of sp³-hybridized carbons (Fsp3) is 0.571. The molecule has 2 nitrogen and oxygen atoms in total. The van der Waals surface area contributed by atoms with E-state index >= 15 is 0 Å². The maximum absolute atomic E-state index is 5.83. The number of hydrogen-bond donors (Lipinski definition) is 1. The second kappa shape index (κ2) is 6.22. The summed E-state index contributed by atoms with van der Waals surface area (Å²) in [5, 5.41) is 3.77. The van der Waals surface area contributed by atoms with Gasteiger partial charge in [-0.05, 0) is 18.1 Å². The molecule has 0 spiro atoms. The normalized spacial score (nSPS) is 25.0. The molecule has 1 atom stereocenters. The number of nitrogens with one attached hydrogen (secondary N) is 1. The fourth-order valence-electron chi connectivity index (χ4n) is 2.48. The highest BCUT2D eigenvalue weighted by atomic mass is 32.2. The van der Waals surface area contributed by atoms with E-state index in [1.54, 1.807) is 0 Å². The first kappa shape index (κ1) is 12.7. The van der Waals surface area contributed by atoms with Crippen molar-refractivity contribution < 1.29 is 4.74 Å². The molecule has 1 N–H and O–H groups in total. The minimum atomic E-state index is 0.476. The number of benzene rings is 1. The van der Waals surface area contributed by atoms with E-state index in [2.05, 4.69) is 47.0 Å². The van der Waals surface area contributed by atoms with Crippen molar-refractivity contribution in [2.24, 2.45) is 0 Å². The van der Waals surface area contributed by atoms with Gasteiger partial charge in [0.05, 0.1) is 0 Å². The number of hydrogen-bond acceptors (Lipinski definition) is 4. The second-order valence-corrected chi connectivity index (χ2v) is 7.13. The zero-order valence-electron chi connectivity index (χ0n) is 10.4. The molecule has 1 aromatic carbocycles. The predicted molar refractivity (Wildman–Crippen MR) is 81.0 cm³/mol. The van der Waals surface area contributed by atoms with Crippen LogP contribution in [0.4, 0.5) is 0 Å². The van der Waals surface area contributed by atoms with Gasteiger partial charge in [-0.3, -0.25) is 0 Å². The van der Waals surface area contributed by atoms with Gasteiger partial charge in [0.2, 0.25) is 0 Å². The van der Waals surface area contributed by atoms with Gasteiger partial charge in [-0.15, -0.1) is 0 Å². The standard InChI is InChI=1S/C14H19NOS2/c1-2-4-14-11(3-1)7-12(8-16-14)15-13-9-17-5-6-18-10-13/h1-4,12-13,15H,5-10H2/t12-/m1/s1. The van der Waals surface area contributed by atoms with Crippen molar-refractivity contribution in [1.29, 1.82) is 0 Å². The lowest BCUT2D eigenvalue weighted by atomic mass is 10.0. The Labute approximate surface area is 117 Å². The number of thioether (sulfide) groups is 2. The van der Waals surface area contributed by atoms with Crippen LogP contribution in [0.1, 0.15) is 5.56 Å². The van der Waals surface area contributed by atoms with Crippen LogP contribution in [0.15, 0.2) is 24.3 Å². The van der Waals surface area contributed by atoms with Crippen LogP contribution in [0.5, 0.6) is 5.75 Å². The van der Waals surface area contributed by atoms with Gasteiger partial charge < -0.3 is 10.1 Å². The van der Waals surface area contributed by atoms with E-state index < -0.39 is 0 Å². The molecular weight excluding hydrogens is 262 g/mol. The van der Waals surface area contributed by atoms with Crippen LogP contribution in [0, 0.1) is 0 Å². The Morgan fingerprint density at radius 3 is 2.67 bits per heavy atom. The molecule has 98 valence electrons. The number of rotatable bonds is 2. The van der Waals surface area contributed by atoms with Crippen molar-refractivity contribution in [2.75, 3.05) is 29.6 Å². The summed E-state index contributed by atoms with van der Waals surface area (Å²) in [6.45, 7) is 0.808. The highest BCUT2D eigenvalue weighted by molar-refractivity contribution is 8.03. The van der Waals surface area contributed by atoms with Gasteiger partial charge in [0, 0.05) is 35.1 Å². The Morgan fingerprint density at radius 1 is 1.06 bits per heavy atom. The smallest absolute Gasteiger partial charge is 0.122 e. The molecule has 0 radical (unpaired) electrons. The first-order valence-electron chi connectivity index (χ1n) is 6.54. The summed E-state index contributed by atoms with van der Waals surface area (Å²) in [7, 11) is 0. The Balaban J connectivity index is 1.58. The Kier molecular flexibility index (Phi) is 4.39. The zero-order valence-corrected chi connectivity index (χ0v) is 12.1. The van der Waals surface area contributed by atoms with Gasteiger partial charge in [-0.2, -0.15) is 23.5 Å². The van der Waals surface area contributed by atoms with Gasteiger partial charge in [0.25, 0.3) is 0 Å². The van der Waals surface area contributed by atoms with Crippen molar-refractivity contribution in [1.82, 2.24) is 5.32 Å². The molecule has 4 heteroatoms. The van der Waals surface area contributed by atoms with Crippen LogP contribution >= 0.6 is 23.5 Å².